The van der Waals surface area contributed by atoms with Gasteiger partial charge in [-0.2, -0.15) is 0 Å². The maximum absolute atomic E-state index is 2.35. The molecular formula is C15H36N2. The fourth-order valence-electron chi connectivity index (χ4n) is 3.07. The Labute approximate surface area is 109 Å². The number of hydrogen-bond donors (Lipinski definition) is 2. The van der Waals surface area contributed by atoms with Crippen LogP contribution in [0.1, 0.15) is 80.1 Å². The van der Waals surface area contributed by atoms with Gasteiger partial charge in [0.2, 0.25) is 0 Å². The number of rotatable bonds is 7. The molecule has 0 aliphatic rings. The highest BCUT2D eigenvalue weighted by Crippen LogP contribution is 2.42. The lowest BCUT2D eigenvalue weighted by molar-refractivity contribution is 0.302. The van der Waals surface area contributed by atoms with Gasteiger partial charge in [0.15, 0.2) is 0 Å². The van der Waals surface area contributed by atoms with E-state index in [-0.39, 0.29) is 12.3 Å². The van der Waals surface area contributed by atoms with E-state index in [0.717, 1.165) is 0 Å². The Balaban J connectivity index is -0.000000980. The molecule has 0 radical (unpaired) electrons. The lowest BCUT2D eigenvalue weighted by Gasteiger charge is -2.35. The summed E-state index contributed by atoms with van der Waals surface area (Å²) < 4.78 is 0. The summed E-state index contributed by atoms with van der Waals surface area (Å²) in [6, 6.07) is 0. The van der Waals surface area contributed by atoms with Gasteiger partial charge in [-0.3, -0.25) is 0 Å². The summed E-state index contributed by atoms with van der Waals surface area (Å²) in [6.45, 7) is 14.0. The quantitative estimate of drug-likeness (QED) is 0.535. The van der Waals surface area contributed by atoms with Gasteiger partial charge in [-0.25, -0.2) is 0 Å². The van der Waals surface area contributed by atoms with Crippen molar-refractivity contribution in [2.24, 2.45) is 5.41 Å². The molecule has 0 amide bonds. The van der Waals surface area contributed by atoms with E-state index in [9.17, 15) is 0 Å². The van der Waals surface area contributed by atoms with Crippen LogP contribution in [-0.2, 0) is 0 Å². The molecule has 6 N–H and O–H groups in total. The number of hydrogen-bond acceptors (Lipinski definition) is 2. The number of allylic oxidation sites excluding steroid dienone is 2. The second kappa shape index (κ2) is 10.8. The van der Waals surface area contributed by atoms with E-state index in [0.29, 0.717) is 5.41 Å². The first-order valence-electron chi connectivity index (χ1n) is 6.86. The minimum Gasteiger partial charge on any atom is -0.344 e. The first-order chi connectivity index (χ1) is 7.15. The summed E-state index contributed by atoms with van der Waals surface area (Å²) >= 11 is 0. The molecule has 0 unspecified atom stereocenters. The maximum Gasteiger partial charge on any atom is -0.00934 e. The van der Waals surface area contributed by atoms with Crippen LogP contribution < -0.4 is 12.3 Å². The predicted octanol–water partition coefficient (Wildman–Crippen LogP) is 6.05. The highest BCUT2D eigenvalue weighted by atomic mass is 14.3. The summed E-state index contributed by atoms with van der Waals surface area (Å²) in [5, 5.41) is 0. The lowest BCUT2D eigenvalue weighted by Crippen LogP contribution is -2.22. The highest BCUT2D eigenvalue weighted by molar-refractivity contribution is 5.21. The van der Waals surface area contributed by atoms with Crippen molar-refractivity contribution in [3.8, 4) is 0 Å². The van der Waals surface area contributed by atoms with E-state index in [1.807, 2.05) is 0 Å². The zero-order valence-corrected chi connectivity index (χ0v) is 13.2. The van der Waals surface area contributed by atoms with Gasteiger partial charge in [-0.15, -0.1) is 0 Å². The molecule has 2 nitrogen and oxygen atoms in total. The molecule has 0 aromatic carbocycles. The molecule has 0 bridgehead atoms. The van der Waals surface area contributed by atoms with Gasteiger partial charge >= 0.3 is 0 Å². The molecule has 0 saturated heterocycles. The maximum atomic E-state index is 2.35. The van der Waals surface area contributed by atoms with E-state index in [1.54, 1.807) is 11.1 Å². The highest BCUT2D eigenvalue weighted by Gasteiger charge is 2.28. The molecule has 0 aromatic rings. The van der Waals surface area contributed by atoms with Crippen molar-refractivity contribution in [2.75, 3.05) is 0 Å². The standard InChI is InChI=1S/C15H30.2H3N/c1-7-13(8-2)14(9-3)15(10-4,11-5)12-6;;/h7-12H2,1-6H3;2*1H3. The van der Waals surface area contributed by atoms with Gasteiger partial charge in [-0.05, 0) is 43.9 Å². The van der Waals surface area contributed by atoms with Gasteiger partial charge in [-0.1, -0.05) is 52.7 Å². The first kappa shape index (κ1) is 21.9. The summed E-state index contributed by atoms with van der Waals surface area (Å²) in [7, 11) is 0. The summed E-state index contributed by atoms with van der Waals surface area (Å²) in [5.41, 5.74) is 3.97. The Bertz CT molecular complexity index is 189. The molecule has 0 saturated carbocycles. The van der Waals surface area contributed by atoms with Crippen molar-refractivity contribution in [1.82, 2.24) is 12.3 Å². The molecule has 0 fully saturated rings. The van der Waals surface area contributed by atoms with E-state index in [4.69, 9.17) is 0 Å². The van der Waals surface area contributed by atoms with Crippen LogP contribution in [0.15, 0.2) is 11.1 Å². The lowest BCUT2D eigenvalue weighted by atomic mass is 9.70. The van der Waals surface area contributed by atoms with Crippen LogP contribution in [0, 0.1) is 5.41 Å². The van der Waals surface area contributed by atoms with Gasteiger partial charge in [0.25, 0.3) is 0 Å². The van der Waals surface area contributed by atoms with Crippen LogP contribution in [0.25, 0.3) is 0 Å². The molecule has 17 heavy (non-hydrogen) atoms. The van der Waals surface area contributed by atoms with Crippen molar-refractivity contribution in [3.05, 3.63) is 11.1 Å². The zero-order chi connectivity index (χ0) is 11.9. The molecule has 106 valence electrons. The van der Waals surface area contributed by atoms with E-state index in [2.05, 4.69) is 41.5 Å². The smallest absolute Gasteiger partial charge is 0.00934 e. The minimum atomic E-state index is 0. The third-order valence-corrected chi connectivity index (χ3v) is 4.30. The Hall–Kier alpha value is -0.340. The molecular weight excluding hydrogens is 208 g/mol. The van der Waals surface area contributed by atoms with Crippen LogP contribution in [0.2, 0.25) is 0 Å². The average molecular weight is 244 g/mol. The van der Waals surface area contributed by atoms with Crippen LogP contribution in [-0.4, -0.2) is 0 Å². The van der Waals surface area contributed by atoms with Gasteiger partial charge in [0.1, 0.15) is 0 Å². The predicted molar refractivity (Wildman–Crippen MR) is 81.2 cm³/mol. The van der Waals surface area contributed by atoms with Crippen molar-refractivity contribution < 1.29 is 0 Å². The largest absolute Gasteiger partial charge is 0.344 e. The summed E-state index contributed by atoms with van der Waals surface area (Å²) in [4.78, 5) is 0. The van der Waals surface area contributed by atoms with Crippen molar-refractivity contribution >= 4 is 0 Å². The molecule has 0 atom stereocenters. The average Bonchev–Trinajstić information content (AvgIpc) is 2.30. The fraction of sp³-hybridized carbons (Fsp3) is 0.867. The van der Waals surface area contributed by atoms with Gasteiger partial charge < -0.3 is 12.3 Å². The monoisotopic (exact) mass is 244 g/mol. The Morgan fingerprint density at radius 1 is 0.647 bits per heavy atom. The molecule has 0 aliphatic carbocycles. The fourth-order valence-corrected chi connectivity index (χ4v) is 3.07. The molecule has 0 aromatic heterocycles. The Kier molecular flexibility index (Phi) is 13.9. The second-order valence-electron chi connectivity index (χ2n) is 4.48. The second-order valence-corrected chi connectivity index (χ2v) is 4.48. The van der Waals surface area contributed by atoms with E-state index >= 15 is 0 Å². The zero-order valence-electron chi connectivity index (χ0n) is 13.2. The minimum absolute atomic E-state index is 0. The topological polar surface area (TPSA) is 70.0 Å². The molecule has 0 aliphatic heterocycles. The van der Waals surface area contributed by atoms with Gasteiger partial charge in [0, 0.05) is 0 Å². The van der Waals surface area contributed by atoms with Crippen LogP contribution in [0.5, 0.6) is 0 Å². The first-order valence-corrected chi connectivity index (χ1v) is 6.86. The molecule has 0 spiro atoms. The van der Waals surface area contributed by atoms with Crippen LogP contribution >= 0.6 is 0 Å². The van der Waals surface area contributed by atoms with Gasteiger partial charge in [0.05, 0.1) is 0 Å². The van der Waals surface area contributed by atoms with Crippen LogP contribution in [0.3, 0.4) is 0 Å². The SMILES string of the molecule is CCC(CC)=C(CC)C(CC)(CC)CC.N.N. The van der Waals surface area contributed by atoms with Crippen LogP contribution in [0.4, 0.5) is 0 Å². The van der Waals surface area contributed by atoms with Crippen molar-refractivity contribution in [1.29, 1.82) is 0 Å². The third-order valence-electron chi connectivity index (χ3n) is 4.30. The molecule has 0 heterocycles. The van der Waals surface area contributed by atoms with Crippen molar-refractivity contribution in [2.45, 2.75) is 80.1 Å². The normalized spacial score (nSPS) is 10.2. The van der Waals surface area contributed by atoms with Crippen molar-refractivity contribution in [3.63, 3.8) is 0 Å². The van der Waals surface area contributed by atoms with E-state index in [1.165, 1.54) is 38.5 Å². The Morgan fingerprint density at radius 2 is 1.00 bits per heavy atom. The summed E-state index contributed by atoms with van der Waals surface area (Å²) in [5.74, 6) is 0. The van der Waals surface area contributed by atoms with E-state index < -0.39 is 0 Å². The summed E-state index contributed by atoms with van der Waals surface area (Å²) in [6.07, 6.45) is 7.61. The third kappa shape index (κ3) is 4.81. The molecule has 2 heteroatoms. The molecule has 0 rings (SSSR count). The Morgan fingerprint density at radius 3 is 1.18 bits per heavy atom.